The minimum atomic E-state index is -0.869. The molecule has 2 aliphatic heterocycles. The molecule has 206 valence electrons. The first-order chi connectivity index (χ1) is 18.1. The number of hydrogen-bond acceptors (Lipinski definition) is 5. The van der Waals surface area contributed by atoms with Gasteiger partial charge in [0.15, 0.2) is 0 Å². The van der Waals surface area contributed by atoms with Gasteiger partial charge in [0.2, 0.25) is 17.7 Å². The number of hydrogen-bond donors (Lipinski definition) is 3. The van der Waals surface area contributed by atoms with E-state index in [9.17, 15) is 19.6 Å². The van der Waals surface area contributed by atoms with E-state index in [1.54, 1.807) is 4.90 Å². The maximum absolute atomic E-state index is 13.7. The first-order valence-corrected chi connectivity index (χ1v) is 14.3. The summed E-state index contributed by atoms with van der Waals surface area (Å²) in [6, 6.07) is 5.72. The number of aryl methyl sites for hydroxylation is 1. The van der Waals surface area contributed by atoms with Crippen molar-refractivity contribution in [2.45, 2.75) is 104 Å². The molecule has 0 spiro atoms. The van der Waals surface area contributed by atoms with Gasteiger partial charge in [-0.2, -0.15) is 5.26 Å². The van der Waals surface area contributed by atoms with E-state index in [0.717, 1.165) is 24.1 Å². The van der Waals surface area contributed by atoms with Crippen molar-refractivity contribution in [3.63, 3.8) is 0 Å². The number of benzene rings is 1. The lowest BCUT2D eigenvalue weighted by Crippen LogP contribution is -2.54. The maximum Gasteiger partial charge on any atom is 0.247 e. The molecule has 0 bridgehead atoms. The van der Waals surface area contributed by atoms with Crippen LogP contribution in [0.25, 0.3) is 0 Å². The van der Waals surface area contributed by atoms with Gasteiger partial charge in [0.25, 0.3) is 0 Å². The van der Waals surface area contributed by atoms with E-state index in [-0.39, 0.29) is 30.1 Å². The third-order valence-corrected chi connectivity index (χ3v) is 9.04. The number of anilines is 2. The van der Waals surface area contributed by atoms with Gasteiger partial charge >= 0.3 is 0 Å². The number of carbonyl (C=O) groups excluding carboxylic acids is 3. The molecule has 1 saturated carbocycles. The van der Waals surface area contributed by atoms with Crippen molar-refractivity contribution in [3.05, 3.63) is 23.8 Å². The Hall–Kier alpha value is -3.08. The SMILES string of the molecule is Cc1ccc2c(c1)NC(CC(C#N)NC(=O)C1N(C(=O)CC3CCCCCCC3)CC(C)C1(C)C)C(=O)N2. The van der Waals surface area contributed by atoms with Crippen LogP contribution in [-0.2, 0) is 14.4 Å². The fourth-order valence-electron chi connectivity index (χ4n) is 6.30. The first-order valence-electron chi connectivity index (χ1n) is 14.3. The summed E-state index contributed by atoms with van der Waals surface area (Å²) in [6.45, 7) is 8.65. The summed E-state index contributed by atoms with van der Waals surface area (Å²) in [7, 11) is 0. The number of nitriles is 1. The highest BCUT2D eigenvalue weighted by Crippen LogP contribution is 2.42. The van der Waals surface area contributed by atoms with Crippen LogP contribution >= 0.6 is 0 Å². The van der Waals surface area contributed by atoms with Crippen LogP contribution in [-0.4, -0.2) is 47.3 Å². The Morgan fingerprint density at radius 3 is 2.53 bits per heavy atom. The molecule has 3 N–H and O–H groups in total. The zero-order valence-electron chi connectivity index (χ0n) is 23.3. The third kappa shape index (κ3) is 6.14. The van der Waals surface area contributed by atoms with Gasteiger partial charge in [-0.25, -0.2) is 0 Å². The van der Waals surface area contributed by atoms with Gasteiger partial charge in [0, 0.05) is 19.4 Å². The molecule has 2 heterocycles. The predicted molar refractivity (Wildman–Crippen MR) is 148 cm³/mol. The lowest BCUT2D eigenvalue weighted by Gasteiger charge is -2.34. The van der Waals surface area contributed by atoms with Crippen molar-refractivity contribution in [1.82, 2.24) is 10.2 Å². The maximum atomic E-state index is 13.7. The molecule has 1 saturated heterocycles. The fourth-order valence-corrected chi connectivity index (χ4v) is 6.30. The number of likely N-dealkylation sites (tertiary alicyclic amines) is 1. The smallest absolute Gasteiger partial charge is 0.247 e. The zero-order valence-corrected chi connectivity index (χ0v) is 23.3. The first kappa shape index (κ1) is 27.9. The molecular weight excluding hydrogens is 478 g/mol. The van der Waals surface area contributed by atoms with Crippen molar-refractivity contribution >= 4 is 29.1 Å². The van der Waals surface area contributed by atoms with Crippen LogP contribution in [0.4, 0.5) is 11.4 Å². The lowest BCUT2D eigenvalue weighted by molar-refractivity contribution is -0.141. The number of nitrogens with one attached hydrogen (secondary N) is 3. The van der Waals surface area contributed by atoms with Crippen molar-refractivity contribution in [2.24, 2.45) is 17.3 Å². The Labute approximate surface area is 226 Å². The molecule has 38 heavy (non-hydrogen) atoms. The standard InChI is InChI=1S/C30H43N5O3/c1-19-12-13-23-24(14-19)33-25(28(37)34-23)16-22(17-31)32-29(38)27-30(3,4)20(2)18-35(27)26(36)15-21-10-8-6-5-7-9-11-21/h12-14,20-22,25,27,33H,5-11,15-16,18H2,1-4H3,(H,32,38)(H,34,37). The van der Waals surface area contributed by atoms with Crippen molar-refractivity contribution in [1.29, 1.82) is 5.26 Å². The highest BCUT2D eigenvalue weighted by molar-refractivity contribution is 6.03. The lowest BCUT2D eigenvalue weighted by atomic mass is 9.77. The number of nitrogens with zero attached hydrogens (tertiary/aromatic N) is 2. The molecular formula is C30H43N5O3. The van der Waals surface area contributed by atoms with Gasteiger partial charge in [-0.05, 0) is 54.7 Å². The van der Waals surface area contributed by atoms with Crippen LogP contribution in [0.1, 0.15) is 84.1 Å². The van der Waals surface area contributed by atoms with E-state index < -0.39 is 23.5 Å². The zero-order chi connectivity index (χ0) is 27.4. The van der Waals surface area contributed by atoms with E-state index in [2.05, 4.69) is 28.9 Å². The van der Waals surface area contributed by atoms with Crippen LogP contribution in [0, 0.1) is 35.5 Å². The second kappa shape index (κ2) is 11.8. The summed E-state index contributed by atoms with van der Waals surface area (Å²) in [6.07, 6.45) is 8.84. The van der Waals surface area contributed by atoms with Gasteiger partial charge in [-0.15, -0.1) is 0 Å². The Morgan fingerprint density at radius 1 is 1.16 bits per heavy atom. The molecule has 1 aromatic rings. The Bertz CT molecular complexity index is 1090. The van der Waals surface area contributed by atoms with E-state index in [1.807, 2.05) is 39.0 Å². The van der Waals surface area contributed by atoms with E-state index in [4.69, 9.17) is 0 Å². The number of rotatable bonds is 6. The molecule has 4 rings (SSSR count). The van der Waals surface area contributed by atoms with Crippen molar-refractivity contribution < 1.29 is 14.4 Å². The largest absolute Gasteiger partial charge is 0.372 e. The normalized spacial score (nSPS) is 26.1. The summed E-state index contributed by atoms with van der Waals surface area (Å²) >= 11 is 0. The van der Waals surface area contributed by atoms with E-state index >= 15 is 0 Å². The van der Waals surface area contributed by atoms with Crippen LogP contribution in [0.2, 0.25) is 0 Å². The quantitative estimate of drug-likeness (QED) is 0.500. The molecule has 8 nitrogen and oxygen atoms in total. The summed E-state index contributed by atoms with van der Waals surface area (Å²) in [5, 5.41) is 18.9. The molecule has 8 heteroatoms. The molecule has 4 unspecified atom stereocenters. The number of fused-ring (bicyclic) bond motifs is 1. The van der Waals surface area contributed by atoms with Crippen LogP contribution in [0.5, 0.6) is 0 Å². The Morgan fingerprint density at radius 2 is 1.84 bits per heavy atom. The Kier molecular flexibility index (Phi) is 8.64. The van der Waals surface area contributed by atoms with Crippen molar-refractivity contribution in [2.75, 3.05) is 17.2 Å². The van der Waals surface area contributed by atoms with Gasteiger partial charge in [0.1, 0.15) is 18.1 Å². The number of carbonyl (C=O) groups is 3. The highest BCUT2D eigenvalue weighted by atomic mass is 16.2. The van der Waals surface area contributed by atoms with E-state index in [0.29, 0.717) is 24.6 Å². The molecule has 2 fully saturated rings. The second-order valence-electron chi connectivity index (χ2n) is 12.2. The van der Waals surface area contributed by atoms with Gasteiger partial charge in [-0.1, -0.05) is 58.9 Å². The number of amides is 3. The Balaban J connectivity index is 1.43. The van der Waals surface area contributed by atoms with Crippen LogP contribution in [0.3, 0.4) is 0 Å². The summed E-state index contributed by atoms with van der Waals surface area (Å²) < 4.78 is 0. The van der Waals surface area contributed by atoms with Crippen LogP contribution in [0.15, 0.2) is 18.2 Å². The van der Waals surface area contributed by atoms with Crippen molar-refractivity contribution in [3.8, 4) is 6.07 Å². The fraction of sp³-hybridized carbons (Fsp3) is 0.667. The van der Waals surface area contributed by atoms with Gasteiger partial charge in [-0.3, -0.25) is 14.4 Å². The molecule has 3 aliphatic rings. The molecule has 1 aromatic carbocycles. The van der Waals surface area contributed by atoms with E-state index in [1.165, 1.54) is 32.1 Å². The summed E-state index contributed by atoms with van der Waals surface area (Å²) in [4.78, 5) is 41.7. The summed E-state index contributed by atoms with van der Waals surface area (Å²) in [5.41, 5.74) is 2.12. The van der Waals surface area contributed by atoms with Gasteiger partial charge < -0.3 is 20.9 Å². The van der Waals surface area contributed by atoms with Gasteiger partial charge in [0.05, 0.1) is 17.4 Å². The predicted octanol–water partition coefficient (Wildman–Crippen LogP) is 4.75. The van der Waals surface area contributed by atoms with Crippen LogP contribution < -0.4 is 16.0 Å². The highest BCUT2D eigenvalue weighted by Gasteiger charge is 2.51. The topological polar surface area (TPSA) is 114 Å². The monoisotopic (exact) mass is 521 g/mol. The molecule has 3 amide bonds. The molecule has 4 atom stereocenters. The minimum Gasteiger partial charge on any atom is -0.372 e. The molecule has 0 radical (unpaired) electrons. The average Bonchev–Trinajstić information content (AvgIpc) is 3.09. The summed E-state index contributed by atoms with van der Waals surface area (Å²) in [5.74, 6) is 0.0124. The molecule has 1 aliphatic carbocycles. The molecule has 0 aromatic heterocycles. The third-order valence-electron chi connectivity index (χ3n) is 9.04. The minimum absolute atomic E-state index is 0.0435. The average molecular weight is 522 g/mol. The second-order valence-corrected chi connectivity index (χ2v) is 12.2.